The zero-order valence-electron chi connectivity index (χ0n) is 11.6. The summed E-state index contributed by atoms with van der Waals surface area (Å²) in [5.74, 6) is 0. The second-order valence-corrected chi connectivity index (χ2v) is 8.38. The Bertz CT molecular complexity index is 492. The molecule has 4 nitrogen and oxygen atoms in total. The highest BCUT2D eigenvalue weighted by atomic mass is 32.2. The Balaban J connectivity index is 2.54. The zero-order valence-corrected chi connectivity index (χ0v) is 13.2. The quantitative estimate of drug-likeness (QED) is 0.843. The number of aryl methyl sites for hydroxylation is 1. The molecule has 0 spiro atoms. The van der Waals surface area contributed by atoms with Crippen molar-refractivity contribution >= 4 is 21.4 Å². The highest BCUT2D eigenvalue weighted by Crippen LogP contribution is 2.22. The van der Waals surface area contributed by atoms with Gasteiger partial charge in [-0.05, 0) is 39.8 Å². The lowest BCUT2D eigenvalue weighted by molar-refractivity contribution is 0.401. The van der Waals surface area contributed by atoms with Crippen LogP contribution in [0, 0.1) is 6.92 Å². The van der Waals surface area contributed by atoms with Crippen LogP contribution in [0.25, 0.3) is 0 Å². The van der Waals surface area contributed by atoms with Gasteiger partial charge in [-0.25, -0.2) is 13.1 Å². The maximum atomic E-state index is 11.2. The largest absolute Gasteiger partial charge is 0.308 e. The minimum Gasteiger partial charge on any atom is -0.308 e. The molecule has 1 aromatic rings. The van der Waals surface area contributed by atoms with Crippen LogP contribution in [0.15, 0.2) is 12.1 Å². The van der Waals surface area contributed by atoms with Crippen LogP contribution < -0.4 is 10.0 Å². The molecule has 0 bridgehead atoms. The van der Waals surface area contributed by atoms with Gasteiger partial charge in [0.2, 0.25) is 10.0 Å². The number of rotatable bonds is 6. The summed E-state index contributed by atoms with van der Waals surface area (Å²) in [6.07, 6.45) is 1.18. The van der Waals surface area contributed by atoms with E-state index in [1.807, 2.05) is 13.8 Å². The number of thiophene rings is 1. The van der Waals surface area contributed by atoms with Gasteiger partial charge < -0.3 is 5.32 Å². The third kappa shape index (κ3) is 5.48. The van der Waals surface area contributed by atoms with Crippen LogP contribution in [0.3, 0.4) is 0 Å². The fourth-order valence-corrected chi connectivity index (χ4v) is 3.71. The molecule has 0 fully saturated rings. The van der Waals surface area contributed by atoms with Gasteiger partial charge in [-0.15, -0.1) is 11.3 Å². The first kappa shape index (κ1) is 15.6. The third-order valence-corrected chi connectivity index (χ3v) is 4.61. The molecule has 0 aliphatic carbocycles. The molecule has 0 aliphatic rings. The van der Waals surface area contributed by atoms with Crippen molar-refractivity contribution in [3.63, 3.8) is 0 Å². The maximum Gasteiger partial charge on any atom is 0.209 e. The van der Waals surface area contributed by atoms with Crippen LogP contribution >= 0.6 is 11.3 Å². The van der Waals surface area contributed by atoms with Crippen LogP contribution in [0.5, 0.6) is 0 Å². The van der Waals surface area contributed by atoms with Crippen LogP contribution in [-0.2, 0) is 10.0 Å². The smallest absolute Gasteiger partial charge is 0.209 e. The molecule has 6 heteroatoms. The molecule has 1 unspecified atom stereocenters. The van der Waals surface area contributed by atoms with E-state index >= 15 is 0 Å². The monoisotopic (exact) mass is 290 g/mol. The number of hydrogen-bond donors (Lipinski definition) is 2. The molecule has 1 atom stereocenters. The SMILES string of the molecule is Cc1ccc(C(C)NCC(C)(C)NS(C)(=O)=O)s1. The molecular weight excluding hydrogens is 268 g/mol. The van der Waals surface area contributed by atoms with Crippen molar-refractivity contribution in [3.8, 4) is 0 Å². The third-order valence-electron chi connectivity index (χ3n) is 2.50. The summed E-state index contributed by atoms with van der Waals surface area (Å²) < 4.78 is 25.1. The van der Waals surface area contributed by atoms with Gasteiger partial charge in [0.1, 0.15) is 0 Å². The normalized spacial score (nSPS) is 14.7. The average Bonchev–Trinajstić information content (AvgIpc) is 2.57. The Morgan fingerprint density at radius 1 is 1.39 bits per heavy atom. The molecule has 0 radical (unpaired) electrons. The van der Waals surface area contributed by atoms with Gasteiger partial charge >= 0.3 is 0 Å². The van der Waals surface area contributed by atoms with Crippen molar-refractivity contribution in [2.24, 2.45) is 0 Å². The number of nitrogens with one attached hydrogen (secondary N) is 2. The Labute approximate surface area is 114 Å². The number of sulfonamides is 1. The van der Waals surface area contributed by atoms with Crippen molar-refractivity contribution in [2.75, 3.05) is 12.8 Å². The molecular formula is C12H22N2O2S2. The lowest BCUT2D eigenvalue weighted by atomic mass is 10.1. The lowest BCUT2D eigenvalue weighted by Crippen LogP contribution is -2.50. The first-order valence-electron chi connectivity index (χ1n) is 5.88. The molecule has 0 amide bonds. The van der Waals surface area contributed by atoms with Gasteiger partial charge in [-0.2, -0.15) is 0 Å². The molecule has 1 aromatic heterocycles. The van der Waals surface area contributed by atoms with Gasteiger partial charge in [0.15, 0.2) is 0 Å². The lowest BCUT2D eigenvalue weighted by Gasteiger charge is -2.27. The molecule has 1 heterocycles. The van der Waals surface area contributed by atoms with Crippen LogP contribution in [-0.4, -0.2) is 26.8 Å². The Morgan fingerprint density at radius 3 is 2.44 bits per heavy atom. The molecule has 1 rings (SSSR count). The zero-order chi connectivity index (χ0) is 14.0. The highest BCUT2D eigenvalue weighted by molar-refractivity contribution is 7.88. The standard InChI is InChI=1S/C12H22N2O2S2/c1-9-6-7-11(17-9)10(2)13-8-12(3,4)14-18(5,15)16/h6-7,10,13-14H,8H2,1-5H3. The first-order chi connectivity index (χ1) is 8.09. The summed E-state index contributed by atoms with van der Waals surface area (Å²) in [6, 6.07) is 4.43. The van der Waals surface area contributed by atoms with Gasteiger partial charge in [0.05, 0.1) is 6.26 Å². The summed E-state index contributed by atoms with van der Waals surface area (Å²) in [5.41, 5.74) is -0.492. The van der Waals surface area contributed by atoms with Gasteiger partial charge in [0, 0.05) is 27.9 Å². The average molecular weight is 290 g/mol. The van der Waals surface area contributed by atoms with E-state index in [-0.39, 0.29) is 6.04 Å². The molecule has 104 valence electrons. The second-order valence-electron chi connectivity index (χ2n) is 5.31. The van der Waals surface area contributed by atoms with E-state index in [2.05, 4.69) is 36.0 Å². The number of hydrogen-bond acceptors (Lipinski definition) is 4. The van der Waals surface area contributed by atoms with Crippen molar-refractivity contribution in [1.29, 1.82) is 0 Å². The van der Waals surface area contributed by atoms with Gasteiger partial charge in [-0.1, -0.05) is 0 Å². The Hall–Kier alpha value is -0.430. The predicted octanol–water partition coefficient (Wildman–Crippen LogP) is 2.03. The molecule has 2 N–H and O–H groups in total. The van der Waals surface area contributed by atoms with E-state index in [4.69, 9.17) is 0 Å². The summed E-state index contributed by atoms with van der Waals surface area (Å²) in [4.78, 5) is 2.55. The highest BCUT2D eigenvalue weighted by Gasteiger charge is 2.22. The molecule has 0 saturated heterocycles. The van der Waals surface area contributed by atoms with Crippen molar-refractivity contribution in [1.82, 2.24) is 10.0 Å². The summed E-state index contributed by atoms with van der Waals surface area (Å²) in [6.45, 7) is 8.48. The predicted molar refractivity (Wildman–Crippen MR) is 77.5 cm³/mol. The topological polar surface area (TPSA) is 58.2 Å². The maximum absolute atomic E-state index is 11.2. The molecule has 0 aromatic carbocycles. The van der Waals surface area contributed by atoms with E-state index in [1.54, 1.807) is 11.3 Å². The second kappa shape index (κ2) is 5.69. The van der Waals surface area contributed by atoms with Crippen molar-refractivity contribution in [2.45, 2.75) is 39.3 Å². The van der Waals surface area contributed by atoms with Crippen LogP contribution in [0.4, 0.5) is 0 Å². The Morgan fingerprint density at radius 2 is 2.00 bits per heavy atom. The minimum atomic E-state index is -3.18. The van der Waals surface area contributed by atoms with E-state index in [0.717, 1.165) is 0 Å². The van der Waals surface area contributed by atoms with Crippen molar-refractivity contribution < 1.29 is 8.42 Å². The summed E-state index contributed by atoms with van der Waals surface area (Å²) in [5, 5.41) is 3.36. The van der Waals surface area contributed by atoms with Crippen molar-refractivity contribution in [3.05, 3.63) is 21.9 Å². The van der Waals surface area contributed by atoms with Crippen LogP contribution in [0.2, 0.25) is 0 Å². The van der Waals surface area contributed by atoms with Crippen LogP contribution in [0.1, 0.15) is 36.6 Å². The molecule has 0 aliphatic heterocycles. The van der Waals surface area contributed by atoms with E-state index in [0.29, 0.717) is 6.54 Å². The van der Waals surface area contributed by atoms with E-state index in [1.165, 1.54) is 16.0 Å². The Kier molecular flexibility index (Phi) is 4.94. The fraction of sp³-hybridized carbons (Fsp3) is 0.667. The molecule has 0 saturated carbocycles. The fourth-order valence-electron chi connectivity index (χ4n) is 1.73. The van der Waals surface area contributed by atoms with E-state index < -0.39 is 15.6 Å². The first-order valence-corrected chi connectivity index (χ1v) is 8.58. The summed E-state index contributed by atoms with van der Waals surface area (Å²) in [7, 11) is -3.18. The van der Waals surface area contributed by atoms with Gasteiger partial charge in [-0.3, -0.25) is 0 Å². The van der Waals surface area contributed by atoms with E-state index in [9.17, 15) is 8.42 Å². The minimum absolute atomic E-state index is 0.226. The summed E-state index contributed by atoms with van der Waals surface area (Å²) >= 11 is 1.76. The van der Waals surface area contributed by atoms with Gasteiger partial charge in [0.25, 0.3) is 0 Å². The molecule has 18 heavy (non-hydrogen) atoms.